The molecule has 4 N–H and O–H groups in total. The lowest BCUT2D eigenvalue weighted by Crippen LogP contribution is -2.29. The molecule has 1 aromatic carbocycles. The lowest BCUT2D eigenvalue weighted by molar-refractivity contribution is -0.137. The fourth-order valence-electron chi connectivity index (χ4n) is 2.28. The van der Waals surface area contributed by atoms with E-state index in [0.29, 0.717) is 17.0 Å². The average Bonchev–Trinajstić information content (AvgIpc) is 3.26. The normalized spacial score (nSPS) is 12.8. The van der Waals surface area contributed by atoms with E-state index in [9.17, 15) is 23.1 Å². The molecule has 0 aliphatic carbocycles. The maximum absolute atomic E-state index is 12.6. The topological polar surface area (TPSA) is 107 Å². The summed E-state index contributed by atoms with van der Waals surface area (Å²) in [6.07, 6.45) is -2.72. The third-order valence-electron chi connectivity index (χ3n) is 3.62. The van der Waals surface area contributed by atoms with Crippen LogP contribution in [0.4, 0.5) is 19.0 Å². The third kappa shape index (κ3) is 4.09. The van der Waals surface area contributed by atoms with E-state index in [1.807, 2.05) is 0 Å². The first-order chi connectivity index (χ1) is 12.3. The molecule has 1 amide bonds. The number of carbonyl (C=O) groups is 1. The Morgan fingerprint density at radius 3 is 2.62 bits per heavy atom. The minimum Gasteiger partial charge on any atom is -0.383 e. The second-order valence-corrected chi connectivity index (χ2v) is 5.53. The van der Waals surface area contributed by atoms with Crippen LogP contribution >= 0.6 is 0 Å². The van der Waals surface area contributed by atoms with Crippen LogP contribution in [0.15, 0.2) is 42.9 Å². The molecule has 1 atom stereocenters. The van der Waals surface area contributed by atoms with Crippen molar-refractivity contribution in [1.29, 1.82) is 0 Å². The third-order valence-corrected chi connectivity index (χ3v) is 3.62. The monoisotopic (exact) mass is 365 g/mol. The van der Waals surface area contributed by atoms with Gasteiger partial charge in [0, 0.05) is 24.4 Å². The molecule has 0 aliphatic rings. The molecular formula is C16H14F3N5O2. The minimum absolute atomic E-state index is 0.0576. The maximum atomic E-state index is 12.6. The second kappa shape index (κ2) is 7.00. The van der Waals surface area contributed by atoms with Gasteiger partial charge in [-0.25, -0.2) is 4.98 Å². The zero-order valence-corrected chi connectivity index (χ0v) is 13.2. The number of aliphatic hydroxyl groups excluding tert-OH is 1. The van der Waals surface area contributed by atoms with E-state index < -0.39 is 23.8 Å². The van der Waals surface area contributed by atoms with Crippen LogP contribution < -0.4 is 5.32 Å². The number of nitrogens with zero attached hydrogens (tertiary/aromatic N) is 2. The first-order valence-corrected chi connectivity index (χ1v) is 7.52. The van der Waals surface area contributed by atoms with E-state index >= 15 is 0 Å². The molecule has 0 saturated heterocycles. The Hall–Kier alpha value is -3.14. The zero-order valence-electron chi connectivity index (χ0n) is 13.2. The highest BCUT2D eigenvalue weighted by Crippen LogP contribution is 2.30. The summed E-state index contributed by atoms with van der Waals surface area (Å²) in [5, 5.41) is 18.8. The van der Waals surface area contributed by atoms with E-state index in [0.717, 1.165) is 12.1 Å². The van der Waals surface area contributed by atoms with Gasteiger partial charge in [0.25, 0.3) is 5.91 Å². The van der Waals surface area contributed by atoms with Gasteiger partial charge in [0.2, 0.25) is 0 Å². The number of imidazole rings is 1. The quantitative estimate of drug-likeness (QED) is 0.557. The number of anilines is 1. The number of hydrogen-bond acceptors (Lipinski definition) is 4. The summed E-state index contributed by atoms with van der Waals surface area (Å²) in [6.45, 7) is 0. The zero-order chi connectivity index (χ0) is 18.7. The van der Waals surface area contributed by atoms with E-state index in [4.69, 9.17) is 0 Å². The Labute approximate surface area is 145 Å². The number of nitrogens with one attached hydrogen (secondary N) is 3. The smallest absolute Gasteiger partial charge is 0.383 e. The molecule has 10 heteroatoms. The molecule has 0 aliphatic heterocycles. The van der Waals surface area contributed by atoms with Crippen molar-refractivity contribution >= 4 is 11.7 Å². The predicted molar refractivity (Wildman–Crippen MR) is 86.0 cm³/mol. The Kier molecular flexibility index (Phi) is 4.76. The van der Waals surface area contributed by atoms with Crippen molar-refractivity contribution in [3.8, 4) is 11.3 Å². The van der Waals surface area contributed by atoms with Gasteiger partial charge in [0.15, 0.2) is 5.82 Å². The van der Waals surface area contributed by atoms with Gasteiger partial charge >= 0.3 is 6.18 Å². The summed E-state index contributed by atoms with van der Waals surface area (Å²) in [7, 11) is 0. The van der Waals surface area contributed by atoms with Crippen molar-refractivity contribution in [1.82, 2.24) is 20.2 Å². The van der Waals surface area contributed by atoms with E-state index in [1.54, 1.807) is 0 Å². The Morgan fingerprint density at radius 1 is 1.27 bits per heavy atom. The van der Waals surface area contributed by atoms with Crippen molar-refractivity contribution in [2.24, 2.45) is 0 Å². The number of halogens is 3. The molecule has 0 radical (unpaired) electrons. The first-order valence-electron chi connectivity index (χ1n) is 7.52. The van der Waals surface area contributed by atoms with Crippen LogP contribution in [0, 0.1) is 0 Å². The number of H-pyrrole nitrogens is 2. The summed E-state index contributed by atoms with van der Waals surface area (Å²) < 4.78 is 37.7. The molecule has 2 heterocycles. The summed E-state index contributed by atoms with van der Waals surface area (Å²) in [5.74, 6) is -0.515. The molecule has 0 bridgehead atoms. The molecule has 3 aromatic rings. The van der Waals surface area contributed by atoms with Crippen LogP contribution in [0.5, 0.6) is 0 Å². The molecular weight excluding hydrogens is 351 g/mol. The predicted octanol–water partition coefficient (Wildman–Crippen LogP) is 2.36. The number of carbonyl (C=O) groups excluding carboxylic acids is 1. The number of hydrogen-bond donors (Lipinski definition) is 4. The fourth-order valence-corrected chi connectivity index (χ4v) is 2.28. The molecule has 26 heavy (non-hydrogen) atoms. The number of aromatic nitrogens is 4. The summed E-state index contributed by atoms with van der Waals surface area (Å²) >= 11 is 0. The lowest BCUT2D eigenvalue weighted by Gasteiger charge is -2.08. The Bertz CT molecular complexity index is 872. The highest BCUT2D eigenvalue weighted by atomic mass is 19.4. The molecule has 0 unspecified atom stereocenters. The molecule has 0 saturated carbocycles. The number of aliphatic hydroxyl groups is 1. The maximum Gasteiger partial charge on any atom is 0.416 e. The fraction of sp³-hybridized carbons (Fsp3) is 0.188. The van der Waals surface area contributed by atoms with Gasteiger partial charge in [-0.15, -0.1) is 0 Å². The van der Waals surface area contributed by atoms with Gasteiger partial charge < -0.3 is 15.4 Å². The number of aromatic amines is 2. The average molecular weight is 365 g/mol. The minimum atomic E-state index is -4.41. The molecule has 3 rings (SSSR count). The molecule has 7 nitrogen and oxygen atoms in total. The Morgan fingerprint density at radius 2 is 2.00 bits per heavy atom. The van der Waals surface area contributed by atoms with Gasteiger partial charge in [0.05, 0.1) is 17.6 Å². The second-order valence-electron chi connectivity index (χ2n) is 5.53. The Balaban J connectivity index is 1.65. The van der Waals surface area contributed by atoms with Crippen LogP contribution in [0.3, 0.4) is 0 Å². The molecule has 0 spiro atoms. The van der Waals surface area contributed by atoms with Gasteiger partial charge in [-0.2, -0.15) is 18.3 Å². The van der Waals surface area contributed by atoms with E-state index in [1.165, 1.54) is 30.7 Å². The standard InChI is InChI=1S/C16H14F3N5O2/c17-16(18,19)10-3-1-9(2-4-10)12-6-14(24-23-12)22-15(26)13(25)5-11-7-20-8-21-11/h1-4,6-8,13,25H,5H2,(H,20,21)(H2,22,23,24,26)/t13-/m0/s1. The number of amides is 1. The van der Waals surface area contributed by atoms with Crippen molar-refractivity contribution < 1.29 is 23.1 Å². The largest absolute Gasteiger partial charge is 0.416 e. The number of alkyl halides is 3. The number of benzene rings is 1. The molecule has 136 valence electrons. The van der Waals surface area contributed by atoms with Crippen molar-refractivity contribution in [2.75, 3.05) is 5.32 Å². The van der Waals surface area contributed by atoms with Gasteiger partial charge in [-0.1, -0.05) is 12.1 Å². The van der Waals surface area contributed by atoms with Crippen molar-refractivity contribution in [3.63, 3.8) is 0 Å². The van der Waals surface area contributed by atoms with E-state index in [-0.39, 0.29) is 12.2 Å². The highest BCUT2D eigenvalue weighted by molar-refractivity contribution is 5.93. The van der Waals surface area contributed by atoms with Crippen molar-refractivity contribution in [3.05, 3.63) is 54.1 Å². The first kappa shape index (κ1) is 17.7. The van der Waals surface area contributed by atoms with Gasteiger partial charge in [0.1, 0.15) is 6.10 Å². The summed E-state index contributed by atoms with van der Waals surface area (Å²) in [5.41, 5.74) is 0.748. The molecule has 0 fully saturated rings. The SMILES string of the molecule is O=C(Nc1cc(-c2ccc(C(F)(F)F)cc2)[nH]n1)[C@@H](O)Cc1cnc[nH]1. The van der Waals surface area contributed by atoms with Crippen molar-refractivity contribution in [2.45, 2.75) is 18.7 Å². The lowest BCUT2D eigenvalue weighted by atomic mass is 10.1. The van der Waals surface area contributed by atoms with Crippen LogP contribution in [-0.2, 0) is 17.4 Å². The van der Waals surface area contributed by atoms with Crippen LogP contribution in [0.1, 0.15) is 11.3 Å². The van der Waals surface area contributed by atoms with Gasteiger partial charge in [-0.3, -0.25) is 9.89 Å². The van der Waals surface area contributed by atoms with Crippen LogP contribution in [0.25, 0.3) is 11.3 Å². The van der Waals surface area contributed by atoms with Gasteiger partial charge in [-0.05, 0) is 17.7 Å². The summed E-state index contributed by atoms with van der Waals surface area (Å²) in [6, 6.07) is 5.98. The number of rotatable bonds is 5. The van der Waals surface area contributed by atoms with Crippen LogP contribution in [-0.4, -0.2) is 37.3 Å². The highest BCUT2D eigenvalue weighted by Gasteiger charge is 2.30. The van der Waals surface area contributed by atoms with Crippen LogP contribution in [0.2, 0.25) is 0 Å². The van der Waals surface area contributed by atoms with E-state index in [2.05, 4.69) is 25.5 Å². The molecule has 2 aromatic heterocycles. The summed E-state index contributed by atoms with van der Waals surface area (Å²) in [4.78, 5) is 18.5.